The maximum atomic E-state index is 12.9. The van der Waals surface area contributed by atoms with Crippen molar-refractivity contribution in [3.63, 3.8) is 0 Å². The highest BCUT2D eigenvalue weighted by Crippen LogP contribution is 2.81. The Morgan fingerprint density at radius 1 is 0.794 bits per heavy atom. The number of carboxylic acid groups (broad SMARTS) is 1. The summed E-state index contributed by atoms with van der Waals surface area (Å²) in [5.74, 6) is 2.45. The Bertz CT molecular complexity index is 903. The van der Waals surface area contributed by atoms with Gasteiger partial charge in [-0.05, 0) is 128 Å². The molecule has 5 saturated carbocycles. The summed E-state index contributed by atoms with van der Waals surface area (Å²) in [5, 5.41) is 10.6. The van der Waals surface area contributed by atoms with E-state index in [0.29, 0.717) is 16.7 Å². The Hall–Kier alpha value is -0.790. The fraction of sp³-hybridized carbons (Fsp3) is 0.906. The molecule has 0 aromatic carbocycles. The van der Waals surface area contributed by atoms with Crippen LogP contribution in [0.1, 0.15) is 120 Å². The Kier molecular flexibility index (Phi) is 5.24. The van der Waals surface area contributed by atoms with Gasteiger partial charge < -0.3 is 5.11 Å². The highest BCUT2D eigenvalue weighted by molar-refractivity contribution is 5.76. The largest absolute Gasteiger partial charge is 0.481 e. The van der Waals surface area contributed by atoms with Gasteiger partial charge in [0.25, 0.3) is 0 Å². The van der Waals surface area contributed by atoms with Gasteiger partial charge in [-0.3, -0.25) is 4.79 Å². The van der Waals surface area contributed by atoms with Crippen LogP contribution in [0.25, 0.3) is 0 Å². The summed E-state index contributed by atoms with van der Waals surface area (Å²) in [6.07, 6.45) is 11.7. The predicted molar refractivity (Wildman–Crippen MR) is 140 cm³/mol. The fourth-order valence-corrected chi connectivity index (χ4v) is 12.3. The van der Waals surface area contributed by atoms with E-state index < -0.39 is 11.4 Å². The molecule has 1 N–H and O–H groups in total. The lowest BCUT2D eigenvalue weighted by Crippen LogP contribution is -2.69. The summed E-state index contributed by atoms with van der Waals surface area (Å²) >= 11 is 0. The average molecular weight is 469 g/mol. The van der Waals surface area contributed by atoms with E-state index in [2.05, 4.69) is 62.0 Å². The van der Waals surface area contributed by atoms with E-state index in [4.69, 9.17) is 0 Å². The summed E-state index contributed by atoms with van der Waals surface area (Å²) in [6.45, 7) is 24.7. The molecule has 34 heavy (non-hydrogen) atoms. The van der Waals surface area contributed by atoms with Crippen LogP contribution < -0.4 is 0 Å². The molecule has 192 valence electrons. The molecule has 0 bridgehead atoms. The number of carbonyl (C=O) groups is 1. The van der Waals surface area contributed by atoms with Crippen LogP contribution in [0.15, 0.2) is 12.2 Å². The van der Waals surface area contributed by atoms with Crippen molar-refractivity contribution in [2.24, 2.45) is 62.1 Å². The number of allylic oxidation sites excluding steroid dienone is 1. The number of fused-ring (bicyclic) bond motifs is 7. The molecule has 0 aliphatic heterocycles. The van der Waals surface area contributed by atoms with Gasteiger partial charge in [0.1, 0.15) is 0 Å². The van der Waals surface area contributed by atoms with Gasteiger partial charge in [0.15, 0.2) is 0 Å². The number of hydrogen-bond acceptors (Lipinski definition) is 1. The maximum Gasteiger partial charge on any atom is 0.309 e. The van der Waals surface area contributed by atoms with Gasteiger partial charge in [0.2, 0.25) is 0 Å². The summed E-state index contributed by atoms with van der Waals surface area (Å²) < 4.78 is 0. The van der Waals surface area contributed by atoms with E-state index in [1.165, 1.54) is 44.1 Å². The highest BCUT2D eigenvalue weighted by atomic mass is 16.4. The van der Waals surface area contributed by atoms with Crippen LogP contribution in [-0.2, 0) is 4.79 Å². The van der Waals surface area contributed by atoms with Gasteiger partial charge in [-0.2, -0.15) is 0 Å². The maximum absolute atomic E-state index is 12.9. The van der Waals surface area contributed by atoms with Crippen LogP contribution in [0.3, 0.4) is 0 Å². The topological polar surface area (TPSA) is 37.3 Å². The quantitative estimate of drug-likeness (QED) is 0.411. The normalized spacial score (nSPS) is 55.9. The number of carboxylic acids is 1. The second-order valence-electron chi connectivity index (χ2n) is 15.5. The minimum atomic E-state index is -0.537. The van der Waals surface area contributed by atoms with Gasteiger partial charge in [-0.25, -0.2) is 0 Å². The first-order valence-corrected chi connectivity index (χ1v) is 14.5. The van der Waals surface area contributed by atoms with Crippen molar-refractivity contribution < 1.29 is 9.90 Å². The molecule has 0 spiro atoms. The molecule has 2 heteroatoms. The molecule has 0 unspecified atom stereocenters. The first-order valence-electron chi connectivity index (χ1n) is 14.5. The minimum Gasteiger partial charge on any atom is -0.481 e. The van der Waals surface area contributed by atoms with E-state index in [0.717, 1.165) is 43.4 Å². The van der Waals surface area contributed by atoms with Crippen molar-refractivity contribution in [3.8, 4) is 0 Å². The Balaban J connectivity index is 1.61. The molecule has 0 radical (unpaired) electrons. The lowest BCUT2D eigenvalue weighted by molar-refractivity contribution is -0.273. The van der Waals surface area contributed by atoms with E-state index in [9.17, 15) is 9.90 Å². The van der Waals surface area contributed by atoms with Crippen LogP contribution >= 0.6 is 0 Å². The third kappa shape index (κ3) is 2.62. The molecule has 0 aromatic rings. The molecule has 5 aliphatic carbocycles. The third-order valence-electron chi connectivity index (χ3n) is 14.8. The van der Waals surface area contributed by atoms with E-state index in [1.54, 1.807) is 0 Å². The Morgan fingerprint density at radius 2 is 1.41 bits per heavy atom. The lowest BCUT2D eigenvalue weighted by atomic mass is 9.28. The van der Waals surface area contributed by atoms with E-state index >= 15 is 0 Å². The van der Waals surface area contributed by atoms with Gasteiger partial charge in [0.05, 0.1) is 5.41 Å². The van der Waals surface area contributed by atoms with E-state index in [-0.39, 0.29) is 22.2 Å². The van der Waals surface area contributed by atoms with Crippen molar-refractivity contribution in [2.75, 3.05) is 0 Å². The molecular formula is C32H52O2. The molecule has 0 amide bonds. The zero-order chi connectivity index (χ0) is 25.1. The van der Waals surface area contributed by atoms with Crippen LogP contribution in [-0.4, -0.2) is 11.1 Å². The zero-order valence-corrected chi connectivity index (χ0v) is 23.5. The van der Waals surface area contributed by atoms with Crippen LogP contribution in [0.5, 0.6) is 0 Å². The van der Waals surface area contributed by atoms with Crippen molar-refractivity contribution in [1.82, 2.24) is 0 Å². The highest BCUT2D eigenvalue weighted by Gasteiger charge is 2.75. The fourth-order valence-electron chi connectivity index (χ4n) is 12.3. The van der Waals surface area contributed by atoms with Crippen LogP contribution in [0.2, 0.25) is 0 Å². The first-order chi connectivity index (χ1) is 15.6. The van der Waals surface area contributed by atoms with Crippen LogP contribution in [0, 0.1) is 62.1 Å². The second-order valence-corrected chi connectivity index (χ2v) is 15.5. The smallest absolute Gasteiger partial charge is 0.309 e. The summed E-state index contributed by atoms with van der Waals surface area (Å²) in [7, 11) is 0. The standard InChI is InChI=1S/C32H52O2/c1-20(2)22-11-17-32(26(33)34)19-18-31(9)29(7)15-12-23-27(4,5)21(3)10-14-28(23,6)24(29)13-16-30(31,8)25(22)32/h21-25H,1,10-19H2,2-9H3,(H,33,34)/t21-,22-,23-,24+,25+,28-,29+,30+,31-,32-/m0/s1. The SMILES string of the molecule is C=C(C)[C@@H]1CC[C@]2(C(=O)O)CC[C@@]3(C)[C@]4(C)CC[C@H]5C(C)(C)[C@@H](C)CC[C@]5(C)[C@H]4CC[C@]3(C)[C@@H]12. The Morgan fingerprint density at radius 3 is 2.03 bits per heavy atom. The Labute approximate surface area is 209 Å². The zero-order valence-electron chi connectivity index (χ0n) is 23.5. The molecule has 5 fully saturated rings. The monoisotopic (exact) mass is 468 g/mol. The second kappa shape index (κ2) is 7.16. The summed E-state index contributed by atoms with van der Waals surface area (Å²) in [5.41, 5.74) is 2.06. The summed E-state index contributed by atoms with van der Waals surface area (Å²) in [6, 6.07) is 0. The molecular weight excluding hydrogens is 416 g/mol. The molecule has 10 atom stereocenters. The number of hydrogen-bond donors (Lipinski definition) is 1. The lowest BCUT2D eigenvalue weighted by Gasteiger charge is -2.76. The number of rotatable bonds is 2. The van der Waals surface area contributed by atoms with Gasteiger partial charge in [-0.15, -0.1) is 0 Å². The molecule has 0 saturated heterocycles. The van der Waals surface area contributed by atoms with Crippen molar-refractivity contribution in [1.29, 1.82) is 0 Å². The molecule has 2 nitrogen and oxygen atoms in total. The van der Waals surface area contributed by atoms with Crippen molar-refractivity contribution in [3.05, 3.63) is 12.2 Å². The minimum absolute atomic E-state index is 0.0652. The predicted octanol–water partition coefficient (Wildman–Crippen LogP) is 8.75. The molecule has 5 aliphatic rings. The average Bonchev–Trinajstić information content (AvgIpc) is 3.16. The van der Waals surface area contributed by atoms with E-state index in [1.807, 2.05) is 0 Å². The van der Waals surface area contributed by atoms with Gasteiger partial charge in [-0.1, -0.05) is 60.6 Å². The third-order valence-corrected chi connectivity index (χ3v) is 14.8. The molecule has 0 heterocycles. The van der Waals surface area contributed by atoms with Crippen LogP contribution in [0.4, 0.5) is 0 Å². The van der Waals surface area contributed by atoms with Crippen molar-refractivity contribution in [2.45, 2.75) is 120 Å². The van der Waals surface area contributed by atoms with Gasteiger partial charge in [0, 0.05) is 0 Å². The first kappa shape index (κ1) is 24.9. The van der Waals surface area contributed by atoms with Gasteiger partial charge >= 0.3 is 5.97 Å². The number of aliphatic carboxylic acids is 1. The molecule has 5 rings (SSSR count). The summed E-state index contributed by atoms with van der Waals surface area (Å²) in [4.78, 5) is 12.9. The van der Waals surface area contributed by atoms with Crippen molar-refractivity contribution >= 4 is 5.97 Å². The molecule has 0 aromatic heterocycles.